The van der Waals surface area contributed by atoms with Gasteiger partial charge >= 0.3 is 0 Å². The normalized spacial score (nSPS) is 15.8. The number of hydrogen-bond acceptors (Lipinski definition) is 4. The van der Waals surface area contributed by atoms with E-state index in [9.17, 15) is 0 Å². The van der Waals surface area contributed by atoms with Crippen LogP contribution in [0.4, 0.5) is 0 Å². The quantitative estimate of drug-likeness (QED) is 0.569. The van der Waals surface area contributed by atoms with E-state index in [0.29, 0.717) is 19.3 Å². The first kappa shape index (κ1) is 18.6. The molecule has 1 atom stereocenters. The number of fused-ring (bicyclic) bond motifs is 1. The van der Waals surface area contributed by atoms with Crippen molar-refractivity contribution in [3.63, 3.8) is 0 Å². The van der Waals surface area contributed by atoms with Gasteiger partial charge in [0.15, 0.2) is 11.5 Å². The van der Waals surface area contributed by atoms with Crippen LogP contribution in [0.3, 0.4) is 0 Å². The van der Waals surface area contributed by atoms with E-state index < -0.39 is 0 Å². The van der Waals surface area contributed by atoms with Gasteiger partial charge in [-0.3, -0.25) is 0 Å². The third-order valence-electron chi connectivity index (χ3n) is 5.15. The summed E-state index contributed by atoms with van der Waals surface area (Å²) in [5.41, 5.74) is 3.63. The van der Waals surface area contributed by atoms with Crippen LogP contribution in [0.5, 0.6) is 11.5 Å². The van der Waals surface area contributed by atoms with Crippen molar-refractivity contribution in [1.82, 2.24) is 5.32 Å². The largest absolute Gasteiger partial charge is 0.490 e. The minimum Gasteiger partial charge on any atom is -0.490 e. The molecular weight excluding hydrogens is 350 g/mol. The molecule has 0 bridgehead atoms. The molecule has 0 fully saturated rings. The first-order valence-corrected chi connectivity index (χ1v) is 10.1. The lowest BCUT2D eigenvalue weighted by atomic mass is 9.93. The fourth-order valence-electron chi connectivity index (χ4n) is 3.72. The van der Waals surface area contributed by atoms with Crippen molar-refractivity contribution in [2.45, 2.75) is 45.4 Å². The molecule has 1 aliphatic rings. The first-order chi connectivity index (χ1) is 13.8. The summed E-state index contributed by atoms with van der Waals surface area (Å²) in [4.78, 5) is 0. The van der Waals surface area contributed by atoms with Gasteiger partial charge in [-0.05, 0) is 49.1 Å². The summed E-state index contributed by atoms with van der Waals surface area (Å²) in [7, 11) is 0. The number of benzene rings is 2. The zero-order valence-electron chi connectivity index (χ0n) is 16.3. The first-order valence-electron chi connectivity index (χ1n) is 10.1. The Kier molecular flexibility index (Phi) is 5.98. The monoisotopic (exact) mass is 377 g/mol. The Morgan fingerprint density at radius 1 is 1.00 bits per heavy atom. The van der Waals surface area contributed by atoms with Gasteiger partial charge in [-0.25, -0.2) is 0 Å². The maximum Gasteiger partial charge on any atom is 0.161 e. The van der Waals surface area contributed by atoms with Gasteiger partial charge < -0.3 is 19.2 Å². The number of furan rings is 1. The highest BCUT2D eigenvalue weighted by Crippen LogP contribution is 2.32. The summed E-state index contributed by atoms with van der Waals surface area (Å²) in [5.74, 6) is 2.71. The SMILES string of the molecule is CCOc1cc(CNC2CCCc3occc32)ccc1OCc1ccccc1. The van der Waals surface area contributed by atoms with Crippen LogP contribution in [0.15, 0.2) is 65.3 Å². The van der Waals surface area contributed by atoms with Crippen LogP contribution in [0.25, 0.3) is 0 Å². The zero-order valence-corrected chi connectivity index (χ0v) is 16.3. The molecule has 4 nitrogen and oxygen atoms in total. The van der Waals surface area contributed by atoms with E-state index in [0.717, 1.165) is 48.6 Å². The smallest absolute Gasteiger partial charge is 0.161 e. The van der Waals surface area contributed by atoms with E-state index in [-0.39, 0.29) is 0 Å². The van der Waals surface area contributed by atoms with Crippen LogP contribution in [0.1, 0.15) is 48.3 Å². The lowest BCUT2D eigenvalue weighted by Crippen LogP contribution is -2.24. The predicted octanol–water partition coefficient (Wildman–Crippen LogP) is 5.42. The average molecular weight is 377 g/mol. The molecule has 4 heteroatoms. The van der Waals surface area contributed by atoms with Crippen molar-refractivity contribution in [1.29, 1.82) is 0 Å². The van der Waals surface area contributed by atoms with E-state index in [2.05, 4.69) is 35.6 Å². The topological polar surface area (TPSA) is 43.6 Å². The van der Waals surface area contributed by atoms with E-state index in [4.69, 9.17) is 13.9 Å². The van der Waals surface area contributed by atoms with Gasteiger partial charge in [0.1, 0.15) is 12.4 Å². The lowest BCUT2D eigenvalue weighted by Gasteiger charge is -2.23. The molecule has 1 N–H and O–H groups in total. The molecule has 1 aromatic heterocycles. The van der Waals surface area contributed by atoms with Crippen molar-refractivity contribution in [2.24, 2.45) is 0 Å². The molecule has 4 rings (SSSR count). The van der Waals surface area contributed by atoms with Gasteiger partial charge in [0, 0.05) is 24.6 Å². The van der Waals surface area contributed by atoms with Crippen LogP contribution < -0.4 is 14.8 Å². The summed E-state index contributed by atoms with van der Waals surface area (Å²) < 4.78 is 17.4. The summed E-state index contributed by atoms with van der Waals surface area (Å²) in [6.07, 6.45) is 5.15. The lowest BCUT2D eigenvalue weighted by molar-refractivity contribution is 0.269. The number of rotatable bonds is 8. The summed E-state index contributed by atoms with van der Waals surface area (Å²) in [6, 6.07) is 18.8. The maximum absolute atomic E-state index is 6.00. The van der Waals surface area contributed by atoms with Crippen molar-refractivity contribution in [3.8, 4) is 11.5 Å². The standard InChI is InChI=1S/C24H27NO3/c1-2-26-24-15-19(11-12-23(24)28-17-18-7-4-3-5-8-18)16-25-21-9-6-10-22-20(21)13-14-27-22/h3-5,7-8,11-15,21,25H,2,6,9-10,16-17H2,1H3. The second-order valence-corrected chi connectivity index (χ2v) is 7.11. The van der Waals surface area contributed by atoms with Gasteiger partial charge in [-0.2, -0.15) is 0 Å². The molecule has 1 aliphatic carbocycles. The molecule has 0 amide bonds. The summed E-state index contributed by atoms with van der Waals surface area (Å²) in [5, 5.41) is 3.67. The van der Waals surface area contributed by atoms with Gasteiger partial charge in [0.25, 0.3) is 0 Å². The Bertz CT molecular complexity index is 888. The zero-order chi connectivity index (χ0) is 19.2. The Hall–Kier alpha value is -2.72. The highest BCUT2D eigenvalue weighted by Gasteiger charge is 2.22. The minimum absolute atomic E-state index is 0.354. The van der Waals surface area contributed by atoms with Crippen LogP contribution in [0.2, 0.25) is 0 Å². The van der Waals surface area contributed by atoms with Gasteiger partial charge in [0.2, 0.25) is 0 Å². The third kappa shape index (κ3) is 4.39. The van der Waals surface area contributed by atoms with E-state index in [1.807, 2.05) is 31.2 Å². The molecule has 0 aliphatic heterocycles. The number of nitrogens with one attached hydrogen (secondary N) is 1. The Labute approximate surface area is 166 Å². The fourth-order valence-corrected chi connectivity index (χ4v) is 3.72. The van der Waals surface area contributed by atoms with Gasteiger partial charge in [-0.15, -0.1) is 0 Å². The molecule has 0 saturated heterocycles. The van der Waals surface area contributed by atoms with Crippen molar-refractivity contribution in [2.75, 3.05) is 6.61 Å². The average Bonchev–Trinajstić information content (AvgIpc) is 3.22. The Morgan fingerprint density at radius 3 is 2.75 bits per heavy atom. The summed E-state index contributed by atoms with van der Waals surface area (Å²) >= 11 is 0. The molecule has 2 aromatic carbocycles. The molecule has 1 heterocycles. The minimum atomic E-state index is 0.354. The van der Waals surface area contributed by atoms with E-state index in [1.165, 1.54) is 11.1 Å². The fraction of sp³-hybridized carbons (Fsp3) is 0.333. The summed E-state index contributed by atoms with van der Waals surface area (Å²) in [6.45, 7) is 3.92. The van der Waals surface area contributed by atoms with Crippen molar-refractivity contribution >= 4 is 0 Å². The molecule has 0 radical (unpaired) electrons. The van der Waals surface area contributed by atoms with Crippen molar-refractivity contribution < 1.29 is 13.9 Å². The molecule has 0 saturated carbocycles. The molecule has 1 unspecified atom stereocenters. The number of ether oxygens (including phenoxy) is 2. The third-order valence-corrected chi connectivity index (χ3v) is 5.15. The Balaban J connectivity index is 1.42. The number of aryl methyl sites for hydroxylation is 1. The highest BCUT2D eigenvalue weighted by molar-refractivity contribution is 5.43. The van der Waals surface area contributed by atoms with E-state index in [1.54, 1.807) is 6.26 Å². The van der Waals surface area contributed by atoms with Gasteiger partial charge in [-0.1, -0.05) is 36.4 Å². The molecule has 28 heavy (non-hydrogen) atoms. The van der Waals surface area contributed by atoms with Crippen LogP contribution in [-0.2, 0) is 19.6 Å². The van der Waals surface area contributed by atoms with Crippen LogP contribution >= 0.6 is 0 Å². The van der Waals surface area contributed by atoms with Crippen molar-refractivity contribution in [3.05, 3.63) is 83.3 Å². The molecule has 0 spiro atoms. The Morgan fingerprint density at radius 2 is 1.89 bits per heavy atom. The second-order valence-electron chi connectivity index (χ2n) is 7.11. The van der Waals surface area contributed by atoms with Crippen LogP contribution in [0, 0.1) is 0 Å². The maximum atomic E-state index is 6.00. The molecule has 146 valence electrons. The van der Waals surface area contributed by atoms with Gasteiger partial charge in [0.05, 0.1) is 12.9 Å². The molecular formula is C24H27NO3. The van der Waals surface area contributed by atoms with Crippen LogP contribution in [-0.4, -0.2) is 6.61 Å². The molecule has 3 aromatic rings. The predicted molar refractivity (Wildman–Crippen MR) is 110 cm³/mol. The number of hydrogen-bond donors (Lipinski definition) is 1. The second kappa shape index (κ2) is 8.98. The van der Waals surface area contributed by atoms with E-state index >= 15 is 0 Å². The highest BCUT2D eigenvalue weighted by atomic mass is 16.5.